The zero-order valence-electron chi connectivity index (χ0n) is 15.6. The van der Waals surface area contributed by atoms with Gasteiger partial charge < -0.3 is 10.3 Å². The Hall–Kier alpha value is -3.49. The predicted molar refractivity (Wildman–Crippen MR) is 102 cm³/mol. The number of primary amides is 1. The molecule has 0 aliphatic heterocycles. The molecular weight excluding hydrogens is 422 g/mol. The van der Waals surface area contributed by atoms with Crippen LogP contribution in [-0.2, 0) is 18.9 Å². The maximum absolute atomic E-state index is 13.3. The number of hydrogen-bond acceptors (Lipinski definition) is 1. The lowest BCUT2D eigenvalue weighted by molar-refractivity contribution is -0.138. The monoisotopic (exact) mass is 435 g/mol. The van der Waals surface area contributed by atoms with Crippen molar-refractivity contribution in [3.05, 3.63) is 82.9 Å². The molecule has 1 aromatic heterocycles. The summed E-state index contributed by atoms with van der Waals surface area (Å²) in [4.78, 5) is 11.9. The molecule has 0 saturated heterocycles. The molecular formula is C22H13F6N2O. The second-order valence-corrected chi connectivity index (χ2v) is 6.99. The van der Waals surface area contributed by atoms with Gasteiger partial charge in [0.1, 0.15) is 0 Å². The number of amides is 1. The Bertz CT molecular complexity index is 1320. The zero-order valence-corrected chi connectivity index (χ0v) is 15.6. The molecule has 4 rings (SSSR count). The van der Waals surface area contributed by atoms with E-state index in [2.05, 4.69) is 6.07 Å². The number of nitrogens with zero attached hydrogens (tertiary/aromatic N) is 1. The van der Waals surface area contributed by atoms with Crippen molar-refractivity contribution in [3.8, 4) is 0 Å². The van der Waals surface area contributed by atoms with Crippen LogP contribution in [0, 0.1) is 6.07 Å². The minimum Gasteiger partial charge on any atom is -0.366 e. The van der Waals surface area contributed by atoms with E-state index in [1.54, 1.807) is 6.07 Å². The number of aromatic nitrogens is 1. The first-order valence-corrected chi connectivity index (χ1v) is 8.96. The molecule has 0 bridgehead atoms. The molecule has 1 radical (unpaired) electrons. The van der Waals surface area contributed by atoms with Crippen molar-refractivity contribution < 1.29 is 31.1 Å². The highest BCUT2D eigenvalue weighted by molar-refractivity contribution is 6.17. The number of hydrogen-bond donors (Lipinski definition) is 1. The number of nitrogens with two attached hydrogens (primary N) is 1. The molecule has 1 amide bonds. The van der Waals surface area contributed by atoms with E-state index in [0.29, 0.717) is 10.9 Å². The Labute approximate surface area is 171 Å². The standard InChI is InChI=1S/C22H13F6N2O/c23-21(24,25)13-4-1-3-12(9-13)11-30-17-6-2-5-16(20(29)31)19(17)15-8-7-14(10-18(15)30)22(26,27)28/h1-7,9-10H,11H2,(H2,29,31). The fraction of sp³-hybridized carbons (Fsp3) is 0.136. The van der Waals surface area contributed by atoms with Gasteiger partial charge in [-0.15, -0.1) is 0 Å². The molecule has 2 N–H and O–H groups in total. The number of carbonyl (C=O) groups is 1. The van der Waals surface area contributed by atoms with Gasteiger partial charge in [0, 0.05) is 22.9 Å². The molecule has 3 aromatic carbocycles. The SMILES string of the molecule is NC(=O)c1cccc2c1c1[c]cc(C(F)(F)F)cc1n2Cc1cccc(C(F)(F)F)c1. The van der Waals surface area contributed by atoms with Gasteiger partial charge in [-0.05, 0) is 48.0 Å². The van der Waals surface area contributed by atoms with Crippen LogP contribution in [0.1, 0.15) is 27.0 Å². The maximum atomic E-state index is 13.3. The van der Waals surface area contributed by atoms with Gasteiger partial charge >= 0.3 is 12.4 Å². The van der Waals surface area contributed by atoms with Crippen LogP contribution in [-0.4, -0.2) is 10.5 Å². The number of fused-ring (bicyclic) bond motifs is 3. The van der Waals surface area contributed by atoms with E-state index in [4.69, 9.17) is 5.73 Å². The highest BCUT2D eigenvalue weighted by atomic mass is 19.4. The first-order chi connectivity index (χ1) is 14.5. The lowest BCUT2D eigenvalue weighted by Crippen LogP contribution is -2.11. The zero-order chi connectivity index (χ0) is 22.6. The number of carbonyl (C=O) groups excluding carboxylic acids is 1. The average molecular weight is 435 g/mol. The summed E-state index contributed by atoms with van der Waals surface area (Å²) in [5.41, 5.74) is 4.36. The van der Waals surface area contributed by atoms with Gasteiger partial charge in [0.05, 0.1) is 22.2 Å². The van der Waals surface area contributed by atoms with Crippen LogP contribution in [0.3, 0.4) is 0 Å². The van der Waals surface area contributed by atoms with Crippen LogP contribution in [0.5, 0.6) is 0 Å². The molecule has 0 aliphatic carbocycles. The normalized spacial score (nSPS) is 12.6. The third-order valence-electron chi connectivity index (χ3n) is 4.98. The second-order valence-electron chi connectivity index (χ2n) is 6.99. The Kier molecular flexibility index (Phi) is 4.72. The van der Waals surface area contributed by atoms with Crippen molar-refractivity contribution in [1.82, 2.24) is 4.57 Å². The lowest BCUT2D eigenvalue weighted by Gasteiger charge is -2.12. The summed E-state index contributed by atoms with van der Waals surface area (Å²) in [6.45, 7) is -0.152. The van der Waals surface area contributed by atoms with Crippen LogP contribution >= 0.6 is 0 Å². The van der Waals surface area contributed by atoms with Crippen molar-refractivity contribution in [2.75, 3.05) is 0 Å². The van der Waals surface area contributed by atoms with Crippen molar-refractivity contribution in [2.24, 2.45) is 5.73 Å². The molecule has 0 atom stereocenters. The van der Waals surface area contributed by atoms with Gasteiger partial charge in [0.15, 0.2) is 0 Å². The summed E-state index contributed by atoms with van der Waals surface area (Å²) in [6.07, 6.45) is -9.21. The van der Waals surface area contributed by atoms with Crippen molar-refractivity contribution >= 4 is 27.7 Å². The van der Waals surface area contributed by atoms with Gasteiger partial charge in [-0.3, -0.25) is 4.79 Å². The topological polar surface area (TPSA) is 48.0 Å². The Morgan fingerprint density at radius 2 is 1.58 bits per heavy atom. The highest BCUT2D eigenvalue weighted by Crippen LogP contribution is 2.37. The van der Waals surface area contributed by atoms with E-state index in [-0.39, 0.29) is 28.6 Å². The van der Waals surface area contributed by atoms with Gasteiger partial charge in [-0.25, -0.2) is 0 Å². The van der Waals surface area contributed by atoms with Gasteiger partial charge in [-0.2, -0.15) is 26.3 Å². The molecule has 0 unspecified atom stereocenters. The summed E-state index contributed by atoms with van der Waals surface area (Å²) >= 11 is 0. The first-order valence-electron chi connectivity index (χ1n) is 8.96. The summed E-state index contributed by atoms with van der Waals surface area (Å²) in [5, 5.41) is 0.523. The molecule has 9 heteroatoms. The van der Waals surface area contributed by atoms with Crippen LogP contribution in [0.15, 0.2) is 54.6 Å². The van der Waals surface area contributed by atoms with E-state index in [0.717, 1.165) is 24.3 Å². The third-order valence-corrected chi connectivity index (χ3v) is 4.98. The van der Waals surface area contributed by atoms with E-state index >= 15 is 0 Å². The van der Waals surface area contributed by atoms with Crippen molar-refractivity contribution in [1.29, 1.82) is 0 Å². The number of benzene rings is 3. The smallest absolute Gasteiger partial charge is 0.366 e. The maximum Gasteiger partial charge on any atom is 0.416 e. The summed E-state index contributed by atoms with van der Waals surface area (Å²) < 4.78 is 80.6. The fourth-order valence-electron chi connectivity index (χ4n) is 3.62. The largest absolute Gasteiger partial charge is 0.416 e. The average Bonchev–Trinajstić information content (AvgIpc) is 3.00. The molecule has 4 aromatic rings. The summed E-state index contributed by atoms with van der Waals surface area (Å²) in [7, 11) is 0. The molecule has 3 nitrogen and oxygen atoms in total. The Morgan fingerprint density at radius 3 is 2.23 bits per heavy atom. The van der Waals surface area contributed by atoms with Crippen molar-refractivity contribution in [2.45, 2.75) is 18.9 Å². The number of halogens is 6. The minimum absolute atomic E-state index is 0.0796. The third kappa shape index (κ3) is 3.71. The van der Waals surface area contributed by atoms with Crippen LogP contribution < -0.4 is 5.73 Å². The summed E-state index contributed by atoms with van der Waals surface area (Å²) in [5.74, 6) is -0.781. The van der Waals surface area contributed by atoms with Gasteiger partial charge in [0.25, 0.3) is 0 Å². The Balaban J connectivity index is 2.00. The van der Waals surface area contributed by atoms with E-state index in [1.165, 1.54) is 28.8 Å². The van der Waals surface area contributed by atoms with Gasteiger partial charge in [0.2, 0.25) is 5.91 Å². The Morgan fingerprint density at radius 1 is 0.903 bits per heavy atom. The van der Waals surface area contributed by atoms with Crippen LogP contribution in [0.2, 0.25) is 0 Å². The highest BCUT2D eigenvalue weighted by Gasteiger charge is 2.32. The quantitative estimate of drug-likeness (QED) is 0.408. The minimum atomic E-state index is -4.64. The van der Waals surface area contributed by atoms with Gasteiger partial charge in [-0.1, -0.05) is 18.2 Å². The fourth-order valence-corrected chi connectivity index (χ4v) is 3.62. The number of rotatable bonds is 3. The predicted octanol–water partition coefficient (Wildman–Crippen LogP) is 5.78. The molecule has 0 aliphatic rings. The van der Waals surface area contributed by atoms with Crippen molar-refractivity contribution in [3.63, 3.8) is 0 Å². The molecule has 1 heterocycles. The molecule has 0 saturated carbocycles. The molecule has 0 spiro atoms. The van der Waals surface area contributed by atoms with Crippen LogP contribution in [0.25, 0.3) is 21.8 Å². The second kappa shape index (κ2) is 7.04. The van der Waals surface area contributed by atoms with E-state index in [1.807, 2.05) is 0 Å². The first kappa shape index (κ1) is 20.8. The molecule has 31 heavy (non-hydrogen) atoms. The lowest BCUT2D eigenvalue weighted by atomic mass is 10.0. The molecule has 159 valence electrons. The number of alkyl halides is 6. The van der Waals surface area contributed by atoms with E-state index in [9.17, 15) is 31.1 Å². The molecule has 0 fully saturated rings. The van der Waals surface area contributed by atoms with E-state index < -0.39 is 29.4 Å². The van der Waals surface area contributed by atoms with Crippen LogP contribution in [0.4, 0.5) is 26.3 Å². The summed E-state index contributed by atoms with van der Waals surface area (Å²) in [6, 6.07) is 13.3.